The van der Waals surface area contributed by atoms with Crippen LogP contribution in [0.2, 0.25) is 0 Å². The van der Waals surface area contributed by atoms with Gasteiger partial charge in [-0.1, -0.05) is 38.8 Å². The number of halogens is 2. The Bertz CT molecular complexity index is 1230. The number of nitrogens with zero attached hydrogens (tertiary/aromatic N) is 1. The van der Waals surface area contributed by atoms with Crippen LogP contribution in [0.4, 0.5) is 19.3 Å². The second-order valence-electron chi connectivity index (χ2n) is 9.34. The number of carbonyl (C=O) groups excluding carboxylic acids is 2. The van der Waals surface area contributed by atoms with Crippen molar-refractivity contribution in [3.63, 3.8) is 0 Å². The quantitative estimate of drug-likeness (QED) is 0.335. The zero-order valence-electron chi connectivity index (χ0n) is 20.7. The number of anilines is 1. The van der Waals surface area contributed by atoms with Crippen LogP contribution in [0.1, 0.15) is 66.5 Å². The van der Waals surface area contributed by atoms with Crippen LogP contribution in [-0.4, -0.2) is 29.0 Å². The van der Waals surface area contributed by atoms with Crippen molar-refractivity contribution >= 4 is 29.0 Å². The second-order valence-corrected chi connectivity index (χ2v) is 10.3. The van der Waals surface area contributed by atoms with Crippen molar-refractivity contribution in [3.8, 4) is 5.75 Å². The van der Waals surface area contributed by atoms with Gasteiger partial charge in [0.15, 0.2) is 11.6 Å². The van der Waals surface area contributed by atoms with Crippen LogP contribution in [0.3, 0.4) is 0 Å². The minimum atomic E-state index is -1.04. The van der Waals surface area contributed by atoms with Crippen LogP contribution < -0.4 is 20.7 Å². The first-order chi connectivity index (χ1) is 17.8. The molecule has 4 rings (SSSR count). The van der Waals surface area contributed by atoms with Gasteiger partial charge < -0.3 is 20.7 Å². The lowest BCUT2D eigenvalue weighted by Crippen LogP contribution is -2.54. The van der Waals surface area contributed by atoms with Crippen molar-refractivity contribution in [1.82, 2.24) is 15.6 Å². The van der Waals surface area contributed by atoms with Crippen molar-refractivity contribution in [1.29, 1.82) is 0 Å². The normalized spacial score (nSPS) is 17.3. The molecule has 10 heteroatoms. The second kappa shape index (κ2) is 12.1. The number of hydrogen-bond donors (Lipinski definition) is 3. The number of thiazole rings is 1. The Balaban J connectivity index is 1.30. The summed E-state index contributed by atoms with van der Waals surface area (Å²) in [5, 5.41) is 10.7. The van der Waals surface area contributed by atoms with Gasteiger partial charge >= 0.3 is 6.03 Å². The third-order valence-electron chi connectivity index (χ3n) is 6.27. The minimum Gasteiger partial charge on any atom is -0.486 e. The molecular formula is C27H30F2N4O3S. The predicted molar refractivity (Wildman–Crippen MR) is 139 cm³/mol. The van der Waals surface area contributed by atoms with Gasteiger partial charge in [0.05, 0.1) is 6.04 Å². The molecule has 3 N–H and O–H groups in total. The summed E-state index contributed by atoms with van der Waals surface area (Å²) in [7, 11) is 0. The standard InChI is InChI=1S/C27H30F2N4O3S/c1-16(2)17-7-10-19(11-8-17)36-14-25-31-24(15-37-25)26(34)32-22-5-3-4-6-23(22)33-27(35)30-18-9-12-20(28)21(29)13-18/h7-13,15-16,22-23H,3-6,14H2,1-2H3,(H,32,34)(H2,30,33,35)/t22-,23-/m1/s1. The first kappa shape index (κ1) is 26.5. The van der Waals surface area contributed by atoms with Crippen molar-refractivity contribution in [3.05, 3.63) is 75.7 Å². The van der Waals surface area contributed by atoms with Crippen molar-refractivity contribution in [2.75, 3.05) is 5.32 Å². The van der Waals surface area contributed by atoms with Crippen LogP contribution in [-0.2, 0) is 6.61 Å². The van der Waals surface area contributed by atoms with Crippen LogP contribution in [0, 0.1) is 11.6 Å². The molecule has 0 spiro atoms. The van der Waals surface area contributed by atoms with Gasteiger partial charge in [0.1, 0.15) is 23.1 Å². The molecule has 2 atom stereocenters. The Labute approximate surface area is 218 Å². The molecule has 3 aromatic rings. The van der Waals surface area contributed by atoms with Gasteiger partial charge in [0.2, 0.25) is 0 Å². The molecule has 1 aliphatic carbocycles. The van der Waals surface area contributed by atoms with Gasteiger partial charge in [0, 0.05) is 23.2 Å². The highest BCUT2D eigenvalue weighted by atomic mass is 32.1. The number of hydrogen-bond acceptors (Lipinski definition) is 5. The van der Waals surface area contributed by atoms with Crippen LogP contribution in [0.25, 0.3) is 0 Å². The van der Waals surface area contributed by atoms with E-state index in [0.717, 1.165) is 30.7 Å². The van der Waals surface area contributed by atoms with Crippen molar-refractivity contribution in [2.45, 2.75) is 64.1 Å². The fourth-order valence-corrected chi connectivity index (χ4v) is 4.89. The molecule has 1 saturated carbocycles. The van der Waals surface area contributed by atoms with Gasteiger partial charge in [-0.25, -0.2) is 18.6 Å². The van der Waals surface area contributed by atoms with E-state index in [1.54, 1.807) is 5.38 Å². The molecule has 1 aromatic heterocycles. The van der Waals surface area contributed by atoms with Crippen LogP contribution >= 0.6 is 11.3 Å². The number of nitrogens with one attached hydrogen (secondary N) is 3. The number of benzene rings is 2. The van der Waals surface area contributed by atoms with Gasteiger partial charge in [-0.2, -0.15) is 0 Å². The average molecular weight is 529 g/mol. The fraction of sp³-hybridized carbons (Fsp3) is 0.370. The summed E-state index contributed by atoms with van der Waals surface area (Å²) < 4.78 is 32.4. The van der Waals surface area contributed by atoms with E-state index >= 15 is 0 Å². The third-order valence-corrected chi connectivity index (χ3v) is 7.09. The summed E-state index contributed by atoms with van der Waals surface area (Å²) in [6, 6.07) is 9.93. The van der Waals surface area contributed by atoms with E-state index < -0.39 is 17.7 Å². The maximum absolute atomic E-state index is 13.4. The van der Waals surface area contributed by atoms with E-state index in [1.165, 1.54) is 23.0 Å². The first-order valence-electron chi connectivity index (χ1n) is 12.3. The maximum atomic E-state index is 13.4. The molecule has 1 fully saturated rings. The summed E-state index contributed by atoms with van der Waals surface area (Å²) >= 11 is 1.35. The molecule has 0 unspecified atom stereocenters. The number of amides is 3. The molecule has 1 aliphatic rings. The van der Waals surface area contributed by atoms with Crippen LogP contribution in [0.15, 0.2) is 47.8 Å². The Kier molecular flexibility index (Phi) is 8.70. The first-order valence-corrected chi connectivity index (χ1v) is 13.2. The van der Waals surface area contributed by atoms with E-state index in [-0.39, 0.29) is 30.3 Å². The minimum absolute atomic E-state index is 0.140. The summed E-state index contributed by atoms with van der Waals surface area (Å²) in [5.41, 5.74) is 1.67. The largest absolute Gasteiger partial charge is 0.486 e. The summed E-state index contributed by atoms with van der Waals surface area (Å²) in [6.45, 7) is 4.53. The topological polar surface area (TPSA) is 92.3 Å². The lowest BCUT2D eigenvalue weighted by molar-refractivity contribution is 0.0911. The molecule has 2 aromatic carbocycles. The Morgan fingerprint density at radius 2 is 1.73 bits per heavy atom. The van der Waals surface area contributed by atoms with Gasteiger partial charge in [0.25, 0.3) is 5.91 Å². The number of ether oxygens (including phenoxy) is 1. The Morgan fingerprint density at radius 1 is 1.03 bits per heavy atom. The average Bonchev–Trinajstić information content (AvgIpc) is 3.36. The highest BCUT2D eigenvalue weighted by Crippen LogP contribution is 2.22. The van der Waals surface area contributed by atoms with Crippen LogP contribution in [0.5, 0.6) is 5.75 Å². The molecule has 0 bridgehead atoms. The van der Waals surface area contributed by atoms with E-state index in [9.17, 15) is 18.4 Å². The molecule has 0 saturated heterocycles. The van der Waals surface area contributed by atoms with Gasteiger partial charge in [-0.05, 0) is 48.6 Å². The molecule has 7 nitrogen and oxygen atoms in total. The maximum Gasteiger partial charge on any atom is 0.319 e. The van der Waals surface area contributed by atoms with E-state index in [0.29, 0.717) is 29.5 Å². The highest BCUT2D eigenvalue weighted by Gasteiger charge is 2.29. The predicted octanol–water partition coefficient (Wildman–Crippen LogP) is 5.99. The number of urea groups is 1. The smallest absolute Gasteiger partial charge is 0.319 e. The van der Waals surface area contributed by atoms with Crippen molar-refractivity contribution in [2.24, 2.45) is 0 Å². The zero-order chi connectivity index (χ0) is 26.4. The monoisotopic (exact) mass is 528 g/mol. The lowest BCUT2D eigenvalue weighted by Gasteiger charge is -2.32. The Morgan fingerprint density at radius 3 is 2.41 bits per heavy atom. The number of carbonyl (C=O) groups is 2. The lowest BCUT2D eigenvalue weighted by atomic mass is 9.90. The fourth-order valence-electron chi connectivity index (χ4n) is 4.20. The number of rotatable bonds is 8. The van der Waals surface area contributed by atoms with E-state index in [1.807, 2.05) is 24.3 Å². The molecule has 0 aliphatic heterocycles. The molecular weight excluding hydrogens is 498 g/mol. The number of aromatic nitrogens is 1. The molecule has 3 amide bonds. The van der Waals surface area contributed by atoms with Gasteiger partial charge in [-0.3, -0.25) is 4.79 Å². The van der Waals surface area contributed by atoms with E-state index in [2.05, 4.69) is 34.8 Å². The summed E-state index contributed by atoms with van der Waals surface area (Å²) in [4.78, 5) is 29.7. The molecule has 196 valence electrons. The highest BCUT2D eigenvalue weighted by molar-refractivity contribution is 7.09. The summed E-state index contributed by atoms with van der Waals surface area (Å²) in [6.07, 6.45) is 3.20. The summed E-state index contributed by atoms with van der Waals surface area (Å²) in [5.74, 6) is -1.16. The zero-order valence-corrected chi connectivity index (χ0v) is 21.5. The molecule has 0 radical (unpaired) electrons. The van der Waals surface area contributed by atoms with Crippen molar-refractivity contribution < 1.29 is 23.1 Å². The SMILES string of the molecule is CC(C)c1ccc(OCc2nc(C(=O)N[C@@H]3CCCC[C@H]3NC(=O)Nc3ccc(F)c(F)c3)cs2)cc1. The third kappa shape index (κ3) is 7.25. The Hall–Kier alpha value is -3.53. The molecule has 37 heavy (non-hydrogen) atoms. The van der Waals surface area contributed by atoms with E-state index in [4.69, 9.17) is 4.74 Å². The van der Waals surface area contributed by atoms with Gasteiger partial charge in [-0.15, -0.1) is 11.3 Å². The molecule has 1 heterocycles.